The van der Waals surface area contributed by atoms with Gasteiger partial charge in [0.25, 0.3) is 0 Å². The summed E-state index contributed by atoms with van der Waals surface area (Å²) >= 11 is 0. The van der Waals surface area contributed by atoms with Crippen LogP contribution >= 0.6 is 0 Å². The van der Waals surface area contributed by atoms with Gasteiger partial charge in [0, 0.05) is 12.8 Å². The number of rotatable bonds is 6. The minimum atomic E-state index is -3.26. The van der Waals surface area contributed by atoms with Crippen molar-refractivity contribution in [3.05, 3.63) is 30.1 Å². The summed E-state index contributed by atoms with van der Waals surface area (Å²) in [5.41, 5.74) is 6.99. The average Bonchev–Trinajstić information content (AvgIpc) is 3.12. The van der Waals surface area contributed by atoms with E-state index in [1.54, 1.807) is 4.57 Å². The number of amides is 1. The lowest BCUT2D eigenvalue weighted by molar-refractivity contribution is -0.123. The van der Waals surface area contributed by atoms with E-state index >= 15 is 0 Å². The van der Waals surface area contributed by atoms with E-state index in [9.17, 15) is 13.2 Å². The number of carbonyl (C=O) groups is 1. The van der Waals surface area contributed by atoms with Crippen LogP contribution in [0.1, 0.15) is 31.5 Å². The van der Waals surface area contributed by atoms with Crippen LogP contribution in [0.25, 0.3) is 11.0 Å². The van der Waals surface area contributed by atoms with Gasteiger partial charge in [0.2, 0.25) is 5.91 Å². The molecule has 136 valence electrons. The number of fused-ring (bicyclic) bond motifs is 1. The molecule has 0 unspecified atom stereocenters. The fourth-order valence-electron chi connectivity index (χ4n) is 3.56. The highest BCUT2D eigenvalue weighted by atomic mass is 32.2. The van der Waals surface area contributed by atoms with Crippen LogP contribution < -0.4 is 11.1 Å². The Morgan fingerprint density at radius 2 is 2.00 bits per heavy atom. The van der Waals surface area contributed by atoms with Crippen LogP contribution in [0.3, 0.4) is 0 Å². The van der Waals surface area contributed by atoms with E-state index in [0.717, 1.165) is 31.2 Å². The van der Waals surface area contributed by atoms with Gasteiger partial charge in [-0.15, -0.1) is 0 Å². The number of aromatic nitrogens is 2. The predicted octanol–water partition coefficient (Wildman–Crippen LogP) is 0.969. The molecule has 1 aliphatic rings. The maximum atomic E-state index is 12.6. The third kappa shape index (κ3) is 4.01. The van der Waals surface area contributed by atoms with Crippen molar-refractivity contribution in [2.24, 2.45) is 5.73 Å². The van der Waals surface area contributed by atoms with Gasteiger partial charge in [0.05, 0.1) is 16.6 Å². The van der Waals surface area contributed by atoms with Gasteiger partial charge in [-0.05, 0) is 25.0 Å². The quantitative estimate of drug-likeness (QED) is 0.794. The van der Waals surface area contributed by atoms with E-state index in [-0.39, 0.29) is 23.7 Å². The summed E-state index contributed by atoms with van der Waals surface area (Å²) in [5.74, 6) is 0.0223. The molecule has 1 heterocycles. The number of benzene rings is 1. The van der Waals surface area contributed by atoms with Crippen molar-refractivity contribution in [2.45, 2.75) is 43.5 Å². The molecule has 1 aliphatic carbocycles. The molecule has 0 saturated heterocycles. The summed E-state index contributed by atoms with van der Waals surface area (Å²) in [6.07, 6.45) is 5.06. The van der Waals surface area contributed by atoms with Gasteiger partial charge in [0.1, 0.15) is 18.1 Å². The molecule has 1 aromatic heterocycles. The van der Waals surface area contributed by atoms with Crippen molar-refractivity contribution in [1.29, 1.82) is 0 Å². The number of nitrogens with one attached hydrogen (secondary N) is 1. The molecule has 0 aliphatic heterocycles. The lowest BCUT2D eigenvalue weighted by atomic mass is 9.98. The Labute approximate surface area is 147 Å². The molecule has 0 radical (unpaired) electrons. The molecule has 8 heteroatoms. The molecular weight excluding hydrogens is 340 g/mol. The van der Waals surface area contributed by atoms with Gasteiger partial charge in [-0.2, -0.15) is 0 Å². The minimum Gasteiger partial charge on any atom is -0.348 e. The third-order valence-corrected chi connectivity index (χ3v) is 5.57. The second-order valence-corrected chi connectivity index (χ2v) is 9.05. The first-order valence-electron chi connectivity index (χ1n) is 8.45. The number of nitrogens with two attached hydrogens (primary N) is 1. The van der Waals surface area contributed by atoms with Crippen molar-refractivity contribution < 1.29 is 13.2 Å². The summed E-state index contributed by atoms with van der Waals surface area (Å²) < 4.78 is 25.1. The molecule has 1 amide bonds. The lowest BCUT2D eigenvalue weighted by Crippen LogP contribution is -2.52. The Bertz CT molecular complexity index is 882. The minimum absolute atomic E-state index is 0.0348. The van der Waals surface area contributed by atoms with Crippen LogP contribution in [0, 0.1) is 0 Å². The Hall–Kier alpha value is -1.93. The first-order valence-corrected chi connectivity index (χ1v) is 10.5. The standard InChI is InChI=1S/C17H24N4O3S/c1-25(23,24)11-15-19-13-6-2-3-7-14(13)21(15)10-16(22)20-17(12-18)8-4-5-9-17/h2-3,6-7H,4-5,8-12,18H2,1H3,(H,20,22). The van der Waals surface area contributed by atoms with Gasteiger partial charge in [-0.1, -0.05) is 25.0 Å². The van der Waals surface area contributed by atoms with E-state index < -0.39 is 9.84 Å². The number of nitrogens with zero attached hydrogens (tertiary/aromatic N) is 2. The summed E-state index contributed by atoms with van der Waals surface area (Å²) in [6, 6.07) is 7.34. The van der Waals surface area contributed by atoms with E-state index in [4.69, 9.17) is 5.73 Å². The van der Waals surface area contributed by atoms with Crippen LogP contribution in [0.5, 0.6) is 0 Å². The van der Waals surface area contributed by atoms with Crippen LogP contribution in [-0.2, 0) is 26.9 Å². The van der Waals surface area contributed by atoms with Crippen LogP contribution in [0.2, 0.25) is 0 Å². The monoisotopic (exact) mass is 364 g/mol. The van der Waals surface area contributed by atoms with Crippen molar-refractivity contribution in [1.82, 2.24) is 14.9 Å². The Morgan fingerprint density at radius 3 is 2.64 bits per heavy atom. The summed E-state index contributed by atoms with van der Waals surface area (Å²) in [4.78, 5) is 17.0. The first-order chi connectivity index (χ1) is 11.8. The Kier molecular flexibility index (Phi) is 4.83. The van der Waals surface area contributed by atoms with E-state index in [2.05, 4.69) is 10.3 Å². The van der Waals surface area contributed by atoms with Gasteiger partial charge in [-0.25, -0.2) is 13.4 Å². The van der Waals surface area contributed by atoms with Crippen molar-refractivity contribution >= 4 is 26.8 Å². The largest absolute Gasteiger partial charge is 0.348 e. The van der Waals surface area contributed by atoms with Crippen LogP contribution in [-0.4, -0.2) is 42.2 Å². The third-order valence-electron chi connectivity index (χ3n) is 4.78. The molecule has 1 saturated carbocycles. The zero-order valence-electron chi connectivity index (χ0n) is 14.4. The van der Waals surface area contributed by atoms with Gasteiger partial charge < -0.3 is 15.6 Å². The molecule has 0 atom stereocenters. The molecule has 2 aromatic rings. The molecular formula is C17H24N4O3S. The molecule has 25 heavy (non-hydrogen) atoms. The number of imidazole rings is 1. The van der Waals surface area contributed by atoms with Crippen LogP contribution in [0.4, 0.5) is 0 Å². The maximum absolute atomic E-state index is 12.6. The maximum Gasteiger partial charge on any atom is 0.240 e. The van der Waals surface area contributed by atoms with Crippen molar-refractivity contribution in [3.63, 3.8) is 0 Å². The molecule has 3 rings (SSSR count). The average molecular weight is 364 g/mol. The summed E-state index contributed by atoms with van der Waals surface area (Å²) in [6.45, 7) is 0.451. The van der Waals surface area contributed by atoms with Gasteiger partial charge >= 0.3 is 0 Å². The molecule has 0 spiro atoms. The number of hydrogen-bond acceptors (Lipinski definition) is 5. The number of para-hydroxylation sites is 2. The molecule has 1 aromatic carbocycles. The normalized spacial score (nSPS) is 17.0. The van der Waals surface area contributed by atoms with E-state index in [1.165, 1.54) is 6.26 Å². The van der Waals surface area contributed by atoms with Crippen LogP contribution in [0.15, 0.2) is 24.3 Å². The van der Waals surface area contributed by atoms with Crippen molar-refractivity contribution in [3.8, 4) is 0 Å². The molecule has 7 nitrogen and oxygen atoms in total. The second-order valence-electron chi connectivity index (χ2n) is 6.91. The molecule has 1 fully saturated rings. The van der Waals surface area contributed by atoms with E-state index in [0.29, 0.717) is 17.9 Å². The first kappa shape index (κ1) is 17.9. The lowest BCUT2D eigenvalue weighted by Gasteiger charge is -2.29. The van der Waals surface area contributed by atoms with E-state index in [1.807, 2.05) is 24.3 Å². The van der Waals surface area contributed by atoms with Gasteiger partial charge in [-0.3, -0.25) is 4.79 Å². The zero-order chi connectivity index (χ0) is 18.1. The van der Waals surface area contributed by atoms with Gasteiger partial charge in [0.15, 0.2) is 9.84 Å². The summed E-state index contributed by atoms with van der Waals surface area (Å²) in [5, 5.41) is 3.07. The fraction of sp³-hybridized carbons (Fsp3) is 0.529. The SMILES string of the molecule is CS(=O)(=O)Cc1nc2ccccc2n1CC(=O)NC1(CN)CCCC1. The fourth-order valence-corrected chi connectivity index (χ4v) is 4.25. The highest BCUT2D eigenvalue weighted by Gasteiger charge is 2.34. The Balaban J connectivity index is 1.89. The zero-order valence-corrected chi connectivity index (χ0v) is 15.2. The number of sulfone groups is 1. The molecule has 0 bridgehead atoms. The molecule has 3 N–H and O–H groups in total. The highest BCUT2D eigenvalue weighted by Crippen LogP contribution is 2.28. The highest BCUT2D eigenvalue weighted by molar-refractivity contribution is 7.89. The number of hydrogen-bond donors (Lipinski definition) is 2. The summed E-state index contributed by atoms with van der Waals surface area (Å²) in [7, 11) is -3.26. The second kappa shape index (κ2) is 6.76. The predicted molar refractivity (Wildman–Crippen MR) is 96.7 cm³/mol. The smallest absolute Gasteiger partial charge is 0.240 e. The Morgan fingerprint density at radius 1 is 1.32 bits per heavy atom. The topological polar surface area (TPSA) is 107 Å². The van der Waals surface area contributed by atoms with Crippen molar-refractivity contribution in [2.75, 3.05) is 12.8 Å². The number of carbonyl (C=O) groups excluding carboxylic acids is 1.